The first kappa shape index (κ1) is 9.79. The summed E-state index contributed by atoms with van der Waals surface area (Å²) in [5.41, 5.74) is 0. The molecule has 0 saturated heterocycles. The summed E-state index contributed by atoms with van der Waals surface area (Å²) in [5, 5.41) is 0. The van der Waals surface area contributed by atoms with Crippen LogP contribution in [0.15, 0.2) is 12.2 Å². The summed E-state index contributed by atoms with van der Waals surface area (Å²) in [6.45, 7) is 6.57. The molecule has 1 aliphatic carbocycles. The van der Waals surface area contributed by atoms with Gasteiger partial charge in [0, 0.05) is 0 Å². The Bertz CT molecular complexity index is 149. The summed E-state index contributed by atoms with van der Waals surface area (Å²) in [7, 11) is 0. The van der Waals surface area contributed by atoms with Crippen molar-refractivity contribution >= 4 is 0 Å². The van der Waals surface area contributed by atoms with Crippen LogP contribution in [0.2, 0.25) is 0 Å². The molecule has 0 radical (unpaired) electrons. The van der Waals surface area contributed by atoms with Gasteiger partial charge in [-0.15, -0.1) is 0 Å². The van der Waals surface area contributed by atoms with Crippen LogP contribution in [0.3, 0.4) is 0 Å². The molecule has 1 nitrogen and oxygen atoms in total. The first-order chi connectivity index (χ1) is 5.70. The average molecular weight is 168 g/mol. The zero-order valence-corrected chi connectivity index (χ0v) is 8.42. The van der Waals surface area contributed by atoms with Gasteiger partial charge in [0.2, 0.25) is 0 Å². The third-order valence-electron chi connectivity index (χ3n) is 2.54. The molecule has 12 heavy (non-hydrogen) atoms. The number of rotatable bonds is 3. The van der Waals surface area contributed by atoms with E-state index in [-0.39, 0.29) is 0 Å². The van der Waals surface area contributed by atoms with Gasteiger partial charge in [-0.3, -0.25) is 0 Å². The van der Waals surface area contributed by atoms with Crippen LogP contribution in [0.5, 0.6) is 0 Å². The lowest BCUT2D eigenvalue weighted by molar-refractivity contribution is -0.00757. The fourth-order valence-electron chi connectivity index (χ4n) is 1.33. The van der Waals surface area contributed by atoms with E-state index >= 15 is 0 Å². The third kappa shape index (κ3) is 2.98. The molecule has 0 bridgehead atoms. The van der Waals surface area contributed by atoms with Gasteiger partial charge in [-0.25, -0.2) is 0 Å². The van der Waals surface area contributed by atoms with Gasteiger partial charge in [0.1, 0.15) is 0 Å². The maximum atomic E-state index is 5.87. The molecule has 70 valence electrons. The SMILES string of the molecule is CC(C)C(C)OC1C=CCCC1. The Morgan fingerprint density at radius 2 is 2.08 bits per heavy atom. The van der Waals surface area contributed by atoms with Gasteiger partial charge in [0.25, 0.3) is 0 Å². The lowest BCUT2D eigenvalue weighted by Gasteiger charge is -2.24. The Labute approximate surface area is 75.8 Å². The smallest absolute Gasteiger partial charge is 0.0759 e. The monoisotopic (exact) mass is 168 g/mol. The molecule has 0 N–H and O–H groups in total. The highest BCUT2D eigenvalue weighted by atomic mass is 16.5. The minimum atomic E-state index is 0.385. The van der Waals surface area contributed by atoms with Crippen molar-refractivity contribution in [3.8, 4) is 0 Å². The average Bonchev–Trinajstić information content (AvgIpc) is 2.06. The van der Waals surface area contributed by atoms with Crippen LogP contribution < -0.4 is 0 Å². The molecule has 0 amide bonds. The van der Waals surface area contributed by atoms with Crippen LogP contribution in [0, 0.1) is 5.92 Å². The Balaban J connectivity index is 2.29. The molecule has 1 rings (SSSR count). The predicted octanol–water partition coefficient (Wildman–Crippen LogP) is 3.16. The van der Waals surface area contributed by atoms with Crippen LogP contribution in [-0.4, -0.2) is 12.2 Å². The Morgan fingerprint density at radius 3 is 2.58 bits per heavy atom. The van der Waals surface area contributed by atoms with Crippen molar-refractivity contribution in [1.82, 2.24) is 0 Å². The molecular formula is C11H20O. The molecule has 1 heteroatoms. The molecule has 2 unspecified atom stereocenters. The predicted molar refractivity (Wildman–Crippen MR) is 52.2 cm³/mol. The fraction of sp³-hybridized carbons (Fsp3) is 0.818. The van der Waals surface area contributed by atoms with E-state index in [0.29, 0.717) is 18.1 Å². The third-order valence-corrected chi connectivity index (χ3v) is 2.54. The minimum absolute atomic E-state index is 0.385. The van der Waals surface area contributed by atoms with Gasteiger partial charge < -0.3 is 4.74 Å². The van der Waals surface area contributed by atoms with Gasteiger partial charge in [-0.1, -0.05) is 26.0 Å². The topological polar surface area (TPSA) is 9.23 Å². The van der Waals surface area contributed by atoms with Gasteiger partial charge >= 0.3 is 0 Å². The lowest BCUT2D eigenvalue weighted by atomic mass is 10.0. The van der Waals surface area contributed by atoms with E-state index in [2.05, 4.69) is 32.9 Å². The zero-order valence-electron chi connectivity index (χ0n) is 8.42. The van der Waals surface area contributed by atoms with Crippen molar-refractivity contribution in [2.45, 2.75) is 52.2 Å². The van der Waals surface area contributed by atoms with Crippen molar-refractivity contribution in [2.24, 2.45) is 5.92 Å². The molecule has 0 aromatic carbocycles. The quantitative estimate of drug-likeness (QED) is 0.588. The summed E-state index contributed by atoms with van der Waals surface area (Å²) in [6, 6.07) is 0. The van der Waals surface area contributed by atoms with Crippen LogP contribution >= 0.6 is 0 Å². The van der Waals surface area contributed by atoms with Crippen LogP contribution in [0.25, 0.3) is 0 Å². The van der Waals surface area contributed by atoms with Gasteiger partial charge in [0.15, 0.2) is 0 Å². The van der Waals surface area contributed by atoms with E-state index in [0.717, 1.165) is 0 Å². The number of allylic oxidation sites excluding steroid dienone is 1. The maximum absolute atomic E-state index is 5.87. The summed E-state index contributed by atoms with van der Waals surface area (Å²) in [5.74, 6) is 0.625. The number of hydrogen-bond acceptors (Lipinski definition) is 1. The van der Waals surface area contributed by atoms with E-state index in [1.54, 1.807) is 0 Å². The highest BCUT2D eigenvalue weighted by Crippen LogP contribution is 2.17. The van der Waals surface area contributed by atoms with E-state index in [4.69, 9.17) is 4.74 Å². The Hall–Kier alpha value is -0.300. The highest BCUT2D eigenvalue weighted by Gasteiger charge is 2.14. The number of hydrogen-bond donors (Lipinski definition) is 0. The molecule has 0 spiro atoms. The Morgan fingerprint density at radius 1 is 1.33 bits per heavy atom. The van der Waals surface area contributed by atoms with Crippen LogP contribution in [-0.2, 0) is 4.74 Å². The van der Waals surface area contributed by atoms with Gasteiger partial charge in [-0.05, 0) is 32.1 Å². The van der Waals surface area contributed by atoms with E-state index in [1.807, 2.05) is 0 Å². The van der Waals surface area contributed by atoms with E-state index in [1.165, 1.54) is 19.3 Å². The van der Waals surface area contributed by atoms with Gasteiger partial charge in [-0.2, -0.15) is 0 Å². The molecule has 0 aromatic rings. The number of ether oxygens (including phenoxy) is 1. The largest absolute Gasteiger partial charge is 0.371 e. The van der Waals surface area contributed by atoms with Crippen molar-refractivity contribution in [1.29, 1.82) is 0 Å². The van der Waals surface area contributed by atoms with Crippen LogP contribution in [0.4, 0.5) is 0 Å². The molecular weight excluding hydrogens is 148 g/mol. The maximum Gasteiger partial charge on any atom is 0.0759 e. The van der Waals surface area contributed by atoms with Crippen molar-refractivity contribution in [2.75, 3.05) is 0 Å². The second-order valence-electron chi connectivity index (χ2n) is 3.98. The molecule has 0 fully saturated rings. The summed E-state index contributed by atoms with van der Waals surface area (Å²) >= 11 is 0. The second kappa shape index (κ2) is 4.66. The molecule has 0 aromatic heterocycles. The van der Waals surface area contributed by atoms with Crippen LogP contribution in [0.1, 0.15) is 40.0 Å². The van der Waals surface area contributed by atoms with E-state index in [9.17, 15) is 0 Å². The van der Waals surface area contributed by atoms with E-state index < -0.39 is 0 Å². The standard InChI is InChI=1S/C11H20O/c1-9(2)10(3)12-11-7-5-4-6-8-11/h5,7,9-11H,4,6,8H2,1-3H3. The second-order valence-corrected chi connectivity index (χ2v) is 3.98. The molecule has 1 aliphatic rings. The Kier molecular flexibility index (Phi) is 3.80. The van der Waals surface area contributed by atoms with Crippen molar-refractivity contribution in [3.05, 3.63) is 12.2 Å². The summed E-state index contributed by atoms with van der Waals surface area (Å²) in [4.78, 5) is 0. The fourth-order valence-corrected chi connectivity index (χ4v) is 1.33. The summed E-state index contributed by atoms with van der Waals surface area (Å²) in [6.07, 6.45) is 8.94. The molecule has 2 atom stereocenters. The zero-order chi connectivity index (χ0) is 8.97. The van der Waals surface area contributed by atoms with Crippen molar-refractivity contribution in [3.63, 3.8) is 0 Å². The first-order valence-corrected chi connectivity index (χ1v) is 5.02. The van der Waals surface area contributed by atoms with Crippen molar-refractivity contribution < 1.29 is 4.74 Å². The highest BCUT2D eigenvalue weighted by molar-refractivity contribution is 4.94. The molecule has 0 saturated carbocycles. The normalized spacial score (nSPS) is 26.2. The lowest BCUT2D eigenvalue weighted by Crippen LogP contribution is -2.23. The minimum Gasteiger partial charge on any atom is -0.371 e. The molecule has 0 aliphatic heterocycles. The van der Waals surface area contributed by atoms with Gasteiger partial charge in [0.05, 0.1) is 12.2 Å². The first-order valence-electron chi connectivity index (χ1n) is 5.02. The summed E-state index contributed by atoms with van der Waals surface area (Å²) < 4.78 is 5.87. The molecule has 0 heterocycles.